The lowest BCUT2D eigenvalue weighted by Crippen LogP contribution is -2.57. The van der Waals surface area contributed by atoms with Crippen molar-refractivity contribution in [3.63, 3.8) is 0 Å². The Hall–Kier alpha value is -0.650. The summed E-state index contributed by atoms with van der Waals surface area (Å²) in [5.74, 6) is 0.561. The van der Waals surface area contributed by atoms with E-state index in [1.807, 2.05) is 4.90 Å². The molecule has 126 valence electrons. The molecule has 1 aliphatic carbocycles. The van der Waals surface area contributed by atoms with Crippen molar-refractivity contribution < 1.29 is 19.0 Å². The molecule has 0 N–H and O–H groups in total. The summed E-state index contributed by atoms with van der Waals surface area (Å²) in [7, 11) is 0. The van der Waals surface area contributed by atoms with Crippen molar-refractivity contribution in [2.45, 2.75) is 63.8 Å². The van der Waals surface area contributed by atoms with Crippen LogP contribution in [0.25, 0.3) is 0 Å². The molecular weight excluding hydrogens is 282 g/mol. The SMILES string of the molecule is CC(C)OC[C@H]1CCC[C@]12CN(C(=O)[C@H]1CCCO1)CCO2. The van der Waals surface area contributed by atoms with Gasteiger partial charge >= 0.3 is 0 Å². The second-order valence-electron chi connectivity index (χ2n) is 7.15. The van der Waals surface area contributed by atoms with Gasteiger partial charge in [0.15, 0.2) is 0 Å². The molecule has 2 saturated heterocycles. The fraction of sp³-hybridized carbons (Fsp3) is 0.941. The minimum Gasteiger partial charge on any atom is -0.378 e. The third-order valence-corrected chi connectivity index (χ3v) is 5.25. The fourth-order valence-electron chi connectivity index (χ4n) is 4.03. The van der Waals surface area contributed by atoms with Gasteiger partial charge in [-0.1, -0.05) is 6.42 Å². The molecule has 3 aliphatic rings. The molecule has 2 heterocycles. The lowest BCUT2D eigenvalue weighted by atomic mass is 9.89. The molecule has 1 spiro atoms. The van der Waals surface area contributed by atoms with Gasteiger partial charge in [0.2, 0.25) is 0 Å². The van der Waals surface area contributed by atoms with Crippen LogP contribution in [0.3, 0.4) is 0 Å². The van der Waals surface area contributed by atoms with E-state index in [1.165, 1.54) is 0 Å². The van der Waals surface area contributed by atoms with E-state index in [1.54, 1.807) is 0 Å². The highest BCUT2D eigenvalue weighted by molar-refractivity contribution is 5.81. The van der Waals surface area contributed by atoms with E-state index in [0.29, 0.717) is 25.6 Å². The van der Waals surface area contributed by atoms with E-state index in [4.69, 9.17) is 14.2 Å². The lowest BCUT2D eigenvalue weighted by Gasteiger charge is -2.44. The Kier molecular flexibility index (Phi) is 5.05. The number of ether oxygens (including phenoxy) is 3. The first kappa shape index (κ1) is 16.2. The van der Waals surface area contributed by atoms with Crippen LogP contribution in [0.15, 0.2) is 0 Å². The smallest absolute Gasteiger partial charge is 0.251 e. The van der Waals surface area contributed by atoms with E-state index in [-0.39, 0.29) is 23.7 Å². The number of hydrogen-bond acceptors (Lipinski definition) is 4. The van der Waals surface area contributed by atoms with Crippen molar-refractivity contribution in [3.05, 3.63) is 0 Å². The standard InChI is InChI=1S/C17H29NO4/c1-13(2)21-11-14-5-3-7-17(14)12-18(8-10-22-17)16(19)15-6-4-9-20-15/h13-15H,3-12H2,1-2H3/t14-,15-,17+/m1/s1. The molecule has 0 aromatic heterocycles. The van der Waals surface area contributed by atoms with Crippen LogP contribution in [0.2, 0.25) is 0 Å². The summed E-state index contributed by atoms with van der Waals surface area (Å²) in [6.45, 7) is 7.62. The van der Waals surface area contributed by atoms with Crippen molar-refractivity contribution in [1.82, 2.24) is 4.90 Å². The summed E-state index contributed by atoms with van der Waals surface area (Å²) in [6, 6.07) is 0. The molecule has 1 amide bonds. The molecule has 0 bridgehead atoms. The van der Waals surface area contributed by atoms with Crippen LogP contribution in [0.4, 0.5) is 0 Å². The first-order valence-electron chi connectivity index (χ1n) is 8.77. The molecule has 0 unspecified atom stereocenters. The zero-order valence-corrected chi connectivity index (χ0v) is 13.9. The molecule has 22 heavy (non-hydrogen) atoms. The number of rotatable bonds is 4. The van der Waals surface area contributed by atoms with E-state index in [2.05, 4.69) is 13.8 Å². The molecule has 5 nitrogen and oxygen atoms in total. The molecule has 0 radical (unpaired) electrons. The minimum atomic E-state index is -0.220. The van der Waals surface area contributed by atoms with Gasteiger partial charge in [-0.25, -0.2) is 0 Å². The predicted octanol–water partition coefficient (Wildman–Crippen LogP) is 1.99. The zero-order chi connectivity index (χ0) is 15.6. The first-order valence-corrected chi connectivity index (χ1v) is 8.77. The quantitative estimate of drug-likeness (QED) is 0.796. The van der Waals surface area contributed by atoms with E-state index in [0.717, 1.165) is 45.3 Å². The maximum atomic E-state index is 12.6. The van der Waals surface area contributed by atoms with Crippen molar-refractivity contribution in [2.75, 3.05) is 32.9 Å². The van der Waals surface area contributed by atoms with Gasteiger partial charge in [0.05, 0.1) is 31.5 Å². The van der Waals surface area contributed by atoms with Crippen LogP contribution in [0.5, 0.6) is 0 Å². The van der Waals surface area contributed by atoms with E-state index in [9.17, 15) is 4.79 Å². The minimum absolute atomic E-state index is 0.163. The van der Waals surface area contributed by atoms with E-state index < -0.39 is 0 Å². The van der Waals surface area contributed by atoms with E-state index >= 15 is 0 Å². The van der Waals surface area contributed by atoms with Crippen LogP contribution in [-0.4, -0.2) is 61.5 Å². The van der Waals surface area contributed by atoms with Crippen molar-refractivity contribution in [2.24, 2.45) is 5.92 Å². The Morgan fingerprint density at radius 3 is 2.91 bits per heavy atom. The van der Waals surface area contributed by atoms with Gasteiger partial charge < -0.3 is 19.1 Å². The third-order valence-electron chi connectivity index (χ3n) is 5.25. The summed E-state index contributed by atoms with van der Waals surface area (Å²) in [6.07, 6.45) is 5.21. The van der Waals surface area contributed by atoms with Crippen molar-refractivity contribution in [1.29, 1.82) is 0 Å². The Morgan fingerprint density at radius 1 is 1.32 bits per heavy atom. The number of nitrogens with zero attached hydrogens (tertiary/aromatic N) is 1. The zero-order valence-electron chi connectivity index (χ0n) is 13.9. The Labute approximate surface area is 133 Å². The molecule has 2 aliphatic heterocycles. The molecule has 3 atom stereocenters. The van der Waals surface area contributed by atoms with Crippen molar-refractivity contribution in [3.8, 4) is 0 Å². The number of amides is 1. The number of hydrogen-bond donors (Lipinski definition) is 0. The van der Waals surface area contributed by atoms with Gasteiger partial charge in [-0.15, -0.1) is 0 Å². The first-order chi connectivity index (χ1) is 10.6. The lowest BCUT2D eigenvalue weighted by molar-refractivity contribution is -0.169. The Bertz CT molecular complexity index is 394. The summed E-state index contributed by atoms with van der Waals surface area (Å²) < 4.78 is 17.6. The van der Waals surface area contributed by atoms with Crippen LogP contribution in [0, 0.1) is 5.92 Å². The molecular formula is C17H29NO4. The number of morpholine rings is 1. The largest absolute Gasteiger partial charge is 0.378 e. The van der Waals surface area contributed by atoms with Gasteiger partial charge in [0.25, 0.3) is 5.91 Å². The molecule has 3 rings (SSSR count). The molecule has 0 aromatic carbocycles. The normalized spacial score (nSPS) is 35.7. The molecule has 0 aromatic rings. The highest BCUT2D eigenvalue weighted by atomic mass is 16.5. The van der Waals surface area contributed by atoms with Crippen LogP contribution in [0.1, 0.15) is 46.0 Å². The summed E-state index contributed by atoms with van der Waals surface area (Å²) in [5.41, 5.74) is -0.193. The summed E-state index contributed by atoms with van der Waals surface area (Å²) in [5, 5.41) is 0. The molecule has 3 fully saturated rings. The maximum absolute atomic E-state index is 12.6. The average molecular weight is 311 g/mol. The predicted molar refractivity (Wildman–Crippen MR) is 82.7 cm³/mol. The second kappa shape index (κ2) is 6.85. The van der Waals surface area contributed by atoms with Gasteiger partial charge in [-0.2, -0.15) is 0 Å². The van der Waals surface area contributed by atoms with Gasteiger partial charge in [-0.3, -0.25) is 4.79 Å². The highest BCUT2D eigenvalue weighted by Crippen LogP contribution is 2.41. The molecule has 1 saturated carbocycles. The van der Waals surface area contributed by atoms with Crippen LogP contribution < -0.4 is 0 Å². The number of carbonyl (C=O) groups is 1. The molecule has 5 heteroatoms. The monoisotopic (exact) mass is 311 g/mol. The van der Waals surface area contributed by atoms with Gasteiger partial charge in [0.1, 0.15) is 6.10 Å². The highest BCUT2D eigenvalue weighted by Gasteiger charge is 2.48. The topological polar surface area (TPSA) is 48.0 Å². The summed E-state index contributed by atoms with van der Waals surface area (Å²) >= 11 is 0. The van der Waals surface area contributed by atoms with Gasteiger partial charge in [0, 0.05) is 19.1 Å². The van der Waals surface area contributed by atoms with Gasteiger partial charge in [-0.05, 0) is 39.5 Å². The van der Waals surface area contributed by atoms with Crippen LogP contribution >= 0.6 is 0 Å². The Balaban J connectivity index is 1.64. The second-order valence-corrected chi connectivity index (χ2v) is 7.15. The number of carbonyl (C=O) groups excluding carboxylic acids is 1. The summed E-state index contributed by atoms with van der Waals surface area (Å²) in [4.78, 5) is 14.6. The maximum Gasteiger partial charge on any atom is 0.251 e. The van der Waals surface area contributed by atoms with Crippen LogP contribution in [-0.2, 0) is 19.0 Å². The average Bonchev–Trinajstić information content (AvgIpc) is 3.15. The van der Waals surface area contributed by atoms with Crippen molar-refractivity contribution >= 4 is 5.91 Å². The Morgan fingerprint density at radius 2 is 2.18 bits per heavy atom. The third kappa shape index (κ3) is 3.31. The fourth-order valence-corrected chi connectivity index (χ4v) is 4.03.